The van der Waals surface area contributed by atoms with Crippen LogP contribution in [0.3, 0.4) is 0 Å². The van der Waals surface area contributed by atoms with Crippen molar-refractivity contribution in [3.63, 3.8) is 0 Å². The molecule has 0 saturated carbocycles. The van der Waals surface area contributed by atoms with Crippen LogP contribution >= 0.6 is 0 Å². The van der Waals surface area contributed by atoms with Crippen LogP contribution in [0.4, 0.5) is 14.9 Å². The number of aliphatic hydroxyl groups is 1. The Morgan fingerprint density at radius 3 is 2.72 bits per heavy atom. The zero-order chi connectivity index (χ0) is 13.0. The maximum atomic E-state index is 12.8. The van der Waals surface area contributed by atoms with Gasteiger partial charge in [0.05, 0.1) is 0 Å². The third kappa shape index (κ3) is 2.98. The molecule has 1 saturated heterocycles. The molecule has 18 heavy (non-hydrogen) atoms. The van der Waals surface area contributed by atoms with E-state index in [9.17, 15) is 9.18 Å². The summed E-state index contributed by atoms with van der Waals surface area (Å²) in [6.07, 6.45) is 1.51. The molecule has 1 atom stereocenters. The number of cyclic esters (lactones) is 1. The fraction of sp³-hybridized carbons (Fsp3) is 0.462. The molecular weight excluding hydrogens is 237 g/mol. The van der Waals surface area contributed by atoms with Crippen molar-refractivity contribution in [3.05, 3.63) is 30.1 Å². The van der Waals surface area contributed by atoms with Gasteiger partial charge in [-0.2, -0.15) is 0 Å². The van der Waals surface area contributed by atoms with Crippen LogP contribution in [-0.2, 0) is 4.74 Å². The highest BCUT2D eigenvalue weighted by molar-refractivity contribution is 5.88. The Morgan fingerprint density at radius 1 is 1.39 bits per heavy atom. The van der Waals surface area contributed by atoms with Crippen LogP contribution in [0.2, 0.25) is 0 Å². The second kappa shape index (κ2) is 5.82. The summed E-state index contributed by atoms with van der Waals surface area (Å²) in [5.74, 6) is -0.329. The molecule has 4 nitrogen and oxygen atoms in total. The van der Waals surface area contributed by atoms with Crippen molar-refractivity contribution in [1.29, 1.82) is 0 Å². The van der Waals surface area contributed by atoms with Crippen molar-refractivity contribution in [2.45, 2.75) is 25.4 Å². The predicted octanol–water partition coefficient (Wildman–Crippen LogP) is 2.31. The average molecular weight is 253 g/mol. The van der Waals surface area contributed by atoms with Gasteiger partial charge in [-0.15, -0.1) is 0 Å². The van der Waals surface area contributed by atoms with Gasteiger partial charge in [-0.05, 0) is 37.1 Å². The van der Waals surface area contributed by atoms with Gasteiger partial charge in [-0.1, -0.05) is 0 Å². The van der Waals surface area contributed by atoms with Gasteiger partial charge < -0.3 is 9.84 Å². The first-order valence-corrected chi connectivity index (χ1v) is 6.05. The fourth-order valence-corrected chi connectivity index (χ4v) is 2.01. The van der Waals surface area contributed by atoms with Gasteiger partial charge in [0.2, 0.25) is 0 Å². The Balaban J connectivity index is 1.97. The van der Waals surface area contributed by atoms with E-state index in [-0.39, 0.29) is 18.5 Å². The molecule has 1 fully saturated rings. The molecule has 1 heterocycles. The normalized spacial score (nSPS) is 19.8. The van der Waals surface area contributed by atoms with Crippen molar-refractivity contribution in [2.75, 3.05) is 18.1 Å². The van der Waals surface area contributed by atoms with Crippen molar-refractivity contribution >= 4 is 11.8 Å². The van der Waals surface area contributed by atoms with Gasteiger partial charge >= 0.3 is 6.09 Å². The first-order chi connectivity index (χ1) is 8.70. The zero-order valence-corrected chi connectivity index (χ0v) is 10.0. The Hall–Kier alpha value is -1.62. The van der Waals surface area contributed by atoms with Crippen molar-refractivity contribution in [3.8, 4) is 0 Å². The number of benzene rings is 1. The van der Waals surface area contributed by atoms with E-state index in [2.05, 4.69) is 0 Å². The van der Waals surface area contributed by atoms with E-state index in [1.54, 1.807) is 12.1 Å². The topological polar surface area (TPSA) is 49.8 Å². The molecule has 5 heteroatoms. The summed E-state index contributed by atoms with van der Waals surface area (Å²) in [5, 5.41) is 8.73. The van der Waals surface area contributed by atoms with Gasteiger partial charge in [-0.3, -0.25) is 4.90 Å². The van der Waals surface area contributed by atoms with Gasteiger partial charge in [0, 0.05) is 25.3 Å². The summed E-state index contributed by atoms with van der Waals surface area (Å²) < 4.78 is 18.1. The summed E-state index contributed by atoms with van der Waals surface area (Å²) in [5.41, 5.74) is 0.641. The van der Waals surface area contributed by atoms with Crippen LogP contribution in [0.1, 0.15) is 19.3 Å². The number of amides is 1. The van der Waals surface area contributed by atoms with Gasteiger partial charge in [-0.25, -0.2) is 9.18 Å². The van der Waals surface area contributed by atoms with Crippen LogP contribution in [0, 0.1) is 5.82 Å². The molecule has 0 radical (unpaired) electrons. The first kappa shape index (κ1) is 12.8. The molecule has 0 bridgehead atoms. The minimum absolute atomic E-state index is 0.107. The van der Waals surface area contributed by atoms with E-state index in [0.29, 0.717) is 25.1 Å². The minimum Gasteiger partial charge on any atom is -0.446 e. The van der Waals surface area contributed by atoms with Crippen molar-refractivity contribution in [2.24, 2.45) is 0 Å². The standard InChI is InChI=1S/C13H16FNO3/c14-10-3-5-11(6-4-10)15-8-7-12(2-1-9-16)18-13(15)17/h3-6,12,16H,1-2,7-9H2. The number of hydrogen-bond donors (Lipinski definition) is 1. The Kier molecular flexibility index (Phi) is 4.15. The number of rotatable bonds is 4. The van der Waals surface area contributed by atoms with E-state index >= 15 is 0 Å². The largest absolute Gasteiger partial charge is 0.446 e. The predicted molar refractivity (Wildman–Crippen MR) is 65.0 cm³/mol. The Bertz CT molecular complexity index is 407. The molecule has 1 aliphatic heterocycles. The Morgan fingerprint density at radius 2 is 2.11 bits per heavy atom. The van der Waals surface area contributed by atoms with Crippen LogP contribution in [0.15, 0.2) is 24.3 Å². The van der Waals surface area contributed by atoms with Crippen LogP contribution in [0.5, 0.6) is 0 Å². The molecule has 98 valence electrons. The second-order valence-electron chi connectivity index (χ2n) is 4.29. The molecule has 1 amide bonds. The van der Waals surface area contributed by atoms with E-state index in [0.717, 1.165) is 6.42 Å². The van der Waals surface area contributed by atoms with E-state index in [4.69, 9.17) is 9.84 Å². The highest BCUT2D eigenvalue weighted by Gasteiger charge is 2.27. The molecule has 0 spiro atoms. The zero-order valence-electron chi connectivity index (χ0n) is 10.0. The smallest absolute Gasteiger partial charge is 0.414 e. The van der Waals surface area contributed by atoms with Crippen molar-refractivity contribution < 1.29 is 19.0 Å². The monoisotopic (exact) mass is 253 g/mol. The van der Waals surface area contributed by atoms with Crippen LogP contribution < -0.4 is 4.90 Å². The number of nitrogens with zero attached hydrogens (tertiary/aromatic N) is 1. The Labute approximate surface area is 105 Å². The number of hydrogen-bond acceptors (Lipinski definition) is 3. The number of carbonyl (C=O) groups excluding carboxylic acids is 1. The number of halogens is 1. The van der Waals surface area contributed by atoms with Crippen LogP contribution in [-0.4, -0.2) is 30.5 Å². The van der Waals surface area contributed by atoms with Crippen LogP contribution in [0.25, 0.3) is 0 Å². The molecule has 1 unspecified atom stereocenters. The van der Waals surface area contributed by atoms with E-state index in [1.807, 2.05) is 0 Å². The molecular formula is C13H16FNO3. The molecule has 1 aromatic rings. The number of aliphatic hydroxyl groups excluding tert-OH is 1. The third-order valence-electron chi connectivity index (χ3n) is 2.99. The quantitative estimate of drug-likeness (QED) is 0.895. The van der Waals surface area contributed by atoms with Gasteiger partial charge in [0.1, 0.15) is 11.9 Å². The molecule has 1 aromatic carbocycles. The van der Waals surface area contributed by atoms with Crippen molar-refractivity contribution in [1.82, 2.24) is 0 Å². The number of ether oxygens (including phenoxy) is 1. The summed E-state index contributed by atoms with van der Waals surface area (Å²) in [6.45, 7) is 0.663. The summed E-state index contributed by atoms with van der Waals surface area (Å²) >= 11 is 0. The average Bonchev–Trinajstić information content (AvgIpc) is 2.38. The third-order valence-corrected chi connectivity index (χ3v) is 2.99. The van der Waals surface area contributed by atoms with Gasteiger partial charge in [0.25, 0.3) is 0 Å². The lowest BCUT2D eigenvalue weighted by atomic mass is 10.1. The molecule has 0 aromatic heterocycles. The molecule has 1 N–H and O–H groups in total. The molecule has 0 aliphatic carbocycles. The first-order valence-electron chi connectivity index (χ1n) is 6.05. The number of carbonyl (C=O) groups is 1. The summed E-state index contributed by atoms with van der Waals surface area (Å²) in [6, 6.07) is 5.76. The second-order valence-corrected chi connectivity index (χ2v) is 4.29. The SMILES string of the molecule is O=C1OC(CCCO)CCN1c1ccc(F)cc1. The summed E-state index contributed by atoms with van der Waals surface area (Å²) in [4.78, 5) is 13.3. The highest BCUT2D eigenvalue weighted by Crippen LogP contribution is 2.22. The molecule has 1 aliphatic rings. The highest BCUT2D eigenvalue weighted by atomic mass is 19.1. The lowest BCUT2D eigenvalue weighted by Crippen LogP contribution is -2.42. The maximum absolute atomic E-state index is 12.8. The summed E-state index contributed by atoms with van der Waals surface area (Å²) in [7, 11) is 0. The molecule has 2 rings (SSSR count). The fourth-order valence-electron chi connectivity index (χ4n) is 2.01. The maximum Gasteiger partial charge on any atom is 0.414 e. The minimum atomic E-state index is -0.407. The lowest BCUT2D eigenvalue weighted by molar-refractivity contribution is 0.0744. The van der Waals surface area contributed by atoms with E-state index in [1.165, 1.54) is 17.0 Å². The van der Waals surface area contributed by atoms with Gasteiger partial charge in [0.15, 0.2) is 0 Å². The lowest BCUT2D eigenvalue weighted by Gasteiger charge is -2.31. The van der Waals surface area contributed by atoms with E-state index < -0.39 is 6.09 Å². The number of anilines is 1.